The smallest absolute Gasteiger partial charge is 0.387 e. The minimum Gasteiger partial charge on any atom is -0.433 e. The predicted molar refractivity (Wildman–Crippen MR) is 91.7 cm³/mol. The second-order valence-electron chi connectivity index (χ2n) is 4.60. The summed E-state index contributed by atoms with van der Waals surface area (Å²) >= 11 is 11.6. The zero-order chi connectivity index (χ0) is 18.2. The summed E-state index contributed by atoms with van der Waals surface area (Å²) in [5, 5.41) is 6.79. The summed E-state index contributed by atoms with van der Waals surface area (Å²) in [6.45, 7) is -3.41. The molecule has 0 saturated heterocycles. The molecule has 5 nitrogen and oxygen atoms in total. The number of rotatable bonds is 7. The van der Waals surface area contributed by atoms with E-state index in [9.17, 15) is 13.6 Å². The van der Waals surface area contributed by atoms with Crippen LogP contribution in [0.3, 0.4) is 0 Å². The van der Waals surface area contributed by atoms with E-state index >= 15 is 0 Å². The Morgan fingerprint density at radius 2 is 1.96 bits per heavy atom. The Bertz CT molecular complexity index is 773. The quantitative estimate of drug-likeness (QED) is 0.557. The molecule has 0 heterocycles. The lowest BCUT2D eigenvalue weighted by Gasteiger charge is -2.11. The molecule has 0 fully saturated rings. The summed E-state index contributed by atoms with van der Waals surface area (Å²) in [4.78, 5) is 16.6. The fraction of sp³-hybridized carbons (Fsp3) is 0.125. The molecule has 132 valence electrons. The average molecular weight is 389 g/mol. The highest BCUT2D eigenvalue weighted by atomic mass is 35.5. The first-order valence-corrected chi connectivity index (χ1v) is 7.65. The van der Waals surface area contributed by atoms with Crippen molar-refractivity contribution in [1.82, 2.24) is 0 Å². The molecule has 0 unspecified atom stereocenters. The Kier molecular flexibility index (Phi) is 6.97. The van der Waals surface area contributed by atoms with E-state index in [0.717, 1.165) is 0 Å². The number of hydrogen-bond acceptors (Lipinski definition) is 4. The Labute approximate surface area is 152 Å². The highest BCUT2D eigenvalue weighted by Crippen LogP contribution is 2.25. The zero-order valence-electron chi connectivity index (χ0n) is 12.6. The van der Waals surface area contributed by atoms with Crippen LogP contribution in [0.1, 0.15) is 5.56 Å². The highest BCUT2D eigenvalue weighted by molar-refractivity contribution is 6.42. The third-order valence-corrected chi connectivity index (χ3v) is 3.53. The molecule has 0 aliphatic heterocycles. The molecule has 0 aromatic heterocycles. The Balaban J connectivity index is 1.87. The van der Waals surface area contributed by atoms with Crippen molar-refractivity contribution < 1.29 is 23.1 Å². The van der Waals surface area contributed by atoms with Gasteiger partial charge in [-0.25, -0.2) is 0 Å². The average Bonchev–Trinajstić information content (AvgIpc) is 2.56. The molecule has 0 saturated carbocycles. The van der Waals surface area contributed by atoms with E-state index in [0.29, 0.717) is 15.6 Å². The van der Waals surface area contributed by atoms with E-state index in [1.54, 1.807) is 24.3 Å². The minimum atomic E-state index is -3.00. The number of alkyl halides is 2. The number of para-hydroxylation sites is 2. The standard InChI is InChI=1S/C16H12Cl2F2N2O3/c17-11-6-5-10(7-12(11)18)8-21-24-9-15(23)22-13-3-1-2-4-14(13)25-16(19)20/h1-8,16H,9H2,(H,22,23). The summed E-state index contributed by atoms with van der Waals surface area (Å²) in [6.07, 6.45) is 1.35. The van der Waals surface area contributed by atoms with Crippen molar-refractivity contribution in [3.8, 4) is 5.75 Å². The highest BCUT2D eigenvalue weighted by Gasteiger charge is 2.11. The fourth-order valence-electron chi connectivity index (χ4n) is 1.74. The molecular weight excluding hydrogens is 377 g/mol. The number of anilines is 1. The van der Waals surface area contributed by atoms with Gasteiger partial charge in [-0.1, -0.05) is 46.6 Å². The lowest BCUT2D eigenvalue weighted by Crippen LogP contribution is -2.18. The molecule has 1 amide bonds. The first kappa shape index (κ1) is 19.0. The molecule has 2 rings (SSSR count). The van der Waals surface area contributed by atoms with Crippen molar-refractivity contribution >= 4 is 41.0 Å². The van der Waals surface area contributed by atoms with Crippen LogP contribution in [0.25, 0.3) is 0 Å². The summed E-state index contributed by atoms with van der Waals surface area (Å²) in [7, 11) is 0. The topological polar surface area (TPSA) is 59.9 Å². The van der Waals surface area contributed by atoms with Crippen LogP contribution in [-0.2, 0) is 9.63 Å². The van der Waals surface area contributed by atoms with Gasteiger partial charge in [-0.2, -0.15) is 8.78 Å². The Morgan fingerprint density at radius 1 is 1.20 bits per heavy atom. The molecule has 9 heteroatoms. The van der Waals surface area contributed by atoms with Crippen LogP contribution in [0.5, 0.6) is 5.75 Å². The molecule has 0 radical (unpaired) electrons. The van der Waals surface area contributed by atoms with Crippen LogP contribution >= 0.6 is 23.2 Å². The number of benzene rings is 2. The molecular formula is C16H12Cl2F2N2O3. The fourth-order valence-corrected chi connectivity index (χ4v) is 2.05. The summed E-state index contributed by atoms with van der Waals surface area (Å²) in [6, 6.07) is 10.6. The van der Waals surface area contributed by atoms with E-state index in [1.165, 1.54) is 24.4 Å². The summed E-state index contributed by atoms with van der Waals surface area (Å²) in [5.41, 5.74) is 0.732. The van der Waals surface area contributed by atoms with Crippen molar-refractivity contribution in [1.29, 1.82) is 0 Å². The van der Waals surface area contributed by atoms with Crippen LogP contribution in [-0.4, -0.2) is 25.3 Å². The van der Waals surface area contributed by atoms with E-state index < -0.39 is 19.1 Å². The predicted octanol–water partition coefficient (Wildman–Crippen LogP) is 4.58. The van der Waals surface area contributed by atoms with E-state index in [-0.39, 0.29) is 11.4 Å². The maximum Gasteiger partial charge on any atom is 0.387 e. The number of amides is 1. The molecule has 0 aliphatic carbocycles. The van der Waals surface area contributed by atoms with E-state index in [1.807, 2.05) is 0 Å². The van der Waals surface area contributed by atoms with Crippen LogP contribution in [0.15, 0.2) is 47.6 Å². The number of halogens is 4. The first-order chi connectivity index (χ1) is 12.0. The first-order valence-electron chi connectivity index (χ1n) is 6.90. The van der Waals surface area contributed by atoms with Gasteiger partial charge in [0, 0.05) is 0 Å². The molecule has 0 aliphatic rings. The van der Waals surface area contributed by atoms with Crippen molar-refractivity contribution in [2.75, 3.05) is 11.9 Å². The van der Waals surface area contributed by atoms with Crippen molar-refractivity contribution in [2.24, 2.45) is 5.16 Å². The van der Waals surface area contributed by atoms with Gasteiger partial charge in [0.25, 0.3) is 5.91 Å². The molecule has 2 aromatic carbocycles. The molecule has 0 atom stereocenters. The minimum absolute atomic E-state index is 0.102. The molecule has 1 N–H and O–H groups in total. The number of carbonyl (C=O) groups excluding carboxylic acids is 1. The SMILES string of the molecule is O=C(CON=Cc1ccc(Cl)c(Cl)c1)Nc1ccccc1OC(F)F. The third kappa shape index (κ3) is 6.21. The largest absolute Gasteiger partial charge is 0.433 e. The van der Waals surface area contributed by atoms with Crippen LogP contribution < -0.4 is 10.1 Å². The van der Waals surface area contributed by atoms with Crippen molar-refractivity contribution in [2.45, 2.75) is 6.61 Å². The van der Waals surface area contributed by atoms with Gasteiger partial charge in [0.15, 0.2) is 6.61 Å². The number of hydrogen-bond donors (Lipinski definition) is 1. The van der Waals surface area contributed by atoms with Gasteiger partial charge in [-0.3, -0.25) is 4.79 Å². The van der Waals surface area contributed by atoms with Crippen LogP contribution in [0.2, 0.25) is 10.0 Å². The van der Waals surface area contributed by atoms with E-state index in [2.05, 4.69) is 15.2 Å². The maximum absolute atomic E-state index is 12.3. The van der Waals surface area contributed by atoms with Crippen LogP contribution in [0.4, 0.5) is 14.5 Å². The second kappa shape index (κ2) is 9.19. The van der Waals surface area contributed by atoms with Crippen LogP contribution in [0, 0.1) is 0 Å². The second-order valence-corrected chi connectivity index (χ2v) is 5.42. The monoisotopic (exact) mass is 388 g/mol. The van der Waals surface area contributed by atoms with Gasteiger partial charge < -0.3 is 14.9 Å². The molecule has 25 heavy (non-hydrogen) atoms. The maximum atomic E-state index is 12.3. The van der Waals surface area contributed by atoms with Gasteiger partial charge in [-0.05, 0) is 29.8 Å². The number of nitrogens with zero attached hydrogens (tertiary/aromatic N) is 1. The van der Waals surface area contributed by atoms with E-state index in [4.69, 9.17) is 28.0 Å². The van der Waals surface area contributed by atoms with Crippen molar-refractivity contribution in [3.05, 3.63) is 58.1 Å². The number of oxime groups is 1. The lowest BCUT2D eigenvalue weighted by molar-refractivity contribution is -0.120. The van der Waals surface area contributed by atoms with Gasteiger partial charge in [0.2, 0.25) is 0 Å². The molecule has 0 spiro atoms. The number of nitrogens with one attached hydrogen (secondary N) is 1. The van der Waals surface area contributed by atoms with Gasteiger partial charge in [0.05, 0.1) is 21.9 Å². The molecule has 2 aromatic rings. The van der Waals surface area contributed by atoms with Crippen molar-refractivity contribution in [3.63, 3.8) is 0 Å². The number of carbonyl (C=O) groups is 1. The van der Waals surface area contributed by atoms with Gasteiger partial charge in [0.1, 0.15) is 5.75 Å². The number of ether oxygens (including phenoxy) is 1. The summed E-state index contributed by atoms with van der Waals surface area (Å²) in [5.74, 6) is -0.734. The zero-order valence-corrected chi connectivity index (χ0v) is 14.1. The Morgan fingerprint density at radius 3 is 2.68 bits per heavy atom. The van der Waals surface area contributed by atoms with Gasteiger partial charge >= 0.3 is 6.61 Å². The summed E-state index contributed by atoms with van der Waals surface area (Å²) < 4.78 is 28.9. The van der Waals surface area contributed by atoms with Gasteiger partial charge in [-0.15, -0.1) is 0 Å². The molecule has 0 bridgehead atoms. The normalized spacial score (nSPS) is 10.9. The third-order valence-electron chi connectivity index (χ3n) is 2.79. The lowest BCUT2D eigenvalue weighted by atomic mass is 10.2. The Hall–Kier alpha value is -2.38.